The molecule has 0 amide bonds. The summed E-state index contributed by atoms with van der Waals surface area (Å²) in [6, 6.07) is 10.7. The Labute approximate surface area is 166 Å². The van der Waals surface area contributed by atoms with Gasteiger partial charge >= 0.3 is 6.18 Å². The Morgan fingerprint density at radius 2 is 1.96 bits per heavy atom. The van der Waals surface area contributed by atoms with Gasteiger partial charge in [-0.3, -0.25) is 0 Å². The van der Waals surface area contributed by atoms with Gasteiger partial charge < -0.3 is 4.74 Å². The van der Waals surface area contributed by atoms with Crippen LogP contribution in [0.1, 0.15) is 17.0 Å². The molecule has 5 nitrogen and oxygen atoms in total. The summed E-state index contributed by atoms with van der Waals surface area (Å²) in [5.74, 6) is -1.54. The molecule has 0 aliphatic heterocycles. The zero-order valence-electron chi connectivity index (χ0n) is 13.9. The third-order valence-electron chi connectivity index (χ3n) is 3.57. The van der Waals surface area contributed by atoms with Crippen LogP contribution in [0.2, 0.25) is 5.02 Å². The maximum absolute atomic E-state index is 13.9. The number of benzene rings is 2. The van der Waals surface area contributed by atoms with Gasteiger partial charge in [0.05, 0.1) is 11.2 Å². The summed E-state index contributed by atoms with van der Waals surface area (Å²) in [6.07, 6.45) is -3.60. The van der Waals surface area contributed by atoms with Crippen LogP contribution in [0.25, 0.3) is 0 Å². The average Bonchev–Trinajstić information content (AvgIpc) is 3.01. The number of para-hydroxylation sites is 1. The number of H-pyrrole nitrogens is 1. The van der Waals surface area contributed by atoms with Gasteiger partial charge in [-0.25, -0.2) is 9.49 Å². The molecule has 0 aliphatic carbocycles. The number of aromatic amines is 1. The van der Waals surface area contributed by atoms with Crippen LogP contribution < -0.4 is 4.74 Å². The van der Waals surface area contributed by atoms with Crippen molar-refractivity contribution in [1.82, 2.24) is 14.9 Å². The minimum Gasteiger partial charge on any atom is -0.488 e. The standard InChI is InChI=1S/C17H11ClF4N4OS/c18-12-5-3-6-13(19)11(12)9-27-14-7-2-1-4-10(14)8-23-26-15(17(20,21)22)24-25-16(26)28/h1-8H,9H2,(H,25,28)/b23-8+. The first kappa shape index (κ1) is 20.0. The molecule has 0 atom stereocenters. The lowest BCUT2D eigenvalue weighted by atomic mass is 10.2. The fraction of sp³-hybridized carbons (Fsp3) is 0.118. The normalized spacial score (nSPS) is 11.9. The fourth-order valence-corrected chi connectivity index (χ4v) is 2.64. The van der Waals surface area contributed by atoms with Gasteiger partial charge in [-0.15, -0.1) is 5.10 Å². The highest BCUT2D eigenvalue weighted by atomic mass is 35.5. The van der Waals surface area contributed by atoms with E-state index in [1.807, 2.05) is 0 Å². The fourth-order valence-electron chi connectivity index (χ4n) is 2.24. The molecule has 2 aromatic carbocycles. The number of halogens is 5. The minimum absolute atomic E-state index is 0.160. The average molecular weight is 431 g/mol. The van der Waals surface area contributed by atoms with Crippen molar-refractivity contribution in [3.63, 3.8) is 0 Å². The zero-order chi connectivity index (χ0) is 20.3. The third kappa shape index (κ3) is 4.39. The van der Waals surface area contributed by atoms with E-state index in [1.165, 1.54) is 18.2 Å². The van der Waals surface area contributed by atoms with Crippen LogP contribution in [0.15, 0.2) is 47.6 Å². The lowest BCUT2D eigenvalue weighted by Gasteiger charge is -2.11. The van der Waals surface area contributed by atoms with Crippen molar-refractivity contribution in [2.75, 3.05) is 0 Å². The molecule has 0 radical (unpaired) electrons. The Hall–Kier alpha value is -2.72. The number of hydrogen-bond acceptors (Lipinski definition) is 4. The molecule has 3 rings (SSSR count). The summed E-state index contributed by atoms with van der Waals surface area (Å²) < 4.78 is 58.5. The molecule has 1 heterocycles. The van der Waals surface area contributed by atoms with Crippen molar-refractivity contribution in [3.8, 4) is 5.75 Å². The van der Waals surface area contributed by atoms with Gasteiger partial charge in [0, 0.05) is 11.1 Å². The molecule has 0 aliphatic rings. The van der Waals surface area contributed by atoms with Crippen molar-refractivity contribution >= 4 is 30.0 Å². The van der Waals surface area contributed by atoms with Gasteiger partial charge in [0.25, 0.3) is 5.82 Å². The maximum Gasteiger partial charge on any atom is 0.453 e. The second kappa shape index (κ2) is 8.11. The second-order valence-corrected chi connectivity index (χ2v) is 6.23. The molecule has 28 heavy (non-hydrogen) atoms. The van der Waals surface area contributed by atoms with Gasteiger partial charge in [-0.05, 0) is 36.5 Å². The van der Waals surface area contributed by atoms with Gasteiger partial charge in [-0.2, -0.15) is 22.9 Å². The number of nitrogens with zero attached hydrogens (tertiary/aromatic N) is 3. The van der Waals surface area contributed by atoms with Crippen molar-refractivity contribution in [2.24, 2.45) is 5.10 Å². The molecule has 146 valence electrons. The van der Waals surface area contributed by atoms with E-state index in [-0.39, 0.29) is 27.7 Å². The smallest absolute Gasteiger partial charge is 0.453 e. The Morgan fingerprint density at radius 1 is 1.21 bits per heavy atom. The Kier molecular flexibility index (Phi) is 5.80. The van der Waals surface area contributed by atoms with Crippen LogP contribution in [0.5, 0.6) is 5.75 Å². The summed E-state index contributed by atoms with van der Waals surface area (Å²) in [4.78, 5) is 0. The van der Waals surface area contributed by atoms with Gasteiger partial charge in [0.1, 0.15) is 18.2 Å². The van der Waals surface area contributed by atoms with E-state index in [0.29, 0.717) is 10.2 Å². The summed E-state index contributed by atoms with van der Waals surface area (Å²) in [7, 11) is 0. The minimum atomic E-state index is -4.73. The van der Waals surface area contributed by atoms with Crippen LogP contribution >= 0.6 is 23.8 Å². The largest absolute Gasteiger partial charge is 0.488 e. The lowest BCUT2D eigenvalue weighted by Crippen LogP contribution is -2.13. The predicted molar refractivity (Wildman–Crippen MR) is 97.6 cm³/mol. The van der Waals surface area contributed by atoms with E-state index >= 15 is 0 Å². The summed E-state index contributed by atoms with van der Waals surface area (Å²) in [5, 5.41) is 9.13. The number of hydrogen-bond donors (Lipinski definition) is 1. The number of ether oxygens (including phenoxy) is 1. The quantitative estimate of drug-likeness (QED) is 0.343. The van der Waals surface area contributed by atoms with Crippen LogP contribution in [0.3, 0.4) is 0 Å². The third-order valence-corrected chi connectivity index (χ3v) is 4.19. The van der Waals surface area contributed by atoms with Crippen LogP contribution in [-0.4, -0.2) is 21.1 Å². The highest BCUT2D eigenvalue weighted by molar-refractivity contribution is 7.71. The summed E-state index contributed by atoms with van der Waals surface area (Å²) >= 11 is 10.7. The molecular formula is C17H11ClF4N4OS. The Bertz CT molecular complexity index is 1060. The first-order chi connectivity index (χ1) is 13.3. The molecule has 1 N–H and O–H groups in total. The number of aromatic nitrogens is 3. The van der Waals surface area contributed by atoms with Gasteiger partial charge in [-0.1, -0.05) is 29.8 Å². The molecule has 0 saturated heterocycles. The Morgan fingerprint density at radius 3 is 2.68 bits per heavy atom. The monoisotopic (exact) mass is 430 g/mol. The van der Waals surface area contributed by atoms with E-state index in [1.54, 1.807) is 24.3 Å². The molecule has 11 heteroatoms. The molecule has 3 aromatic rings. The molecule has 1 aromatic heterocycles. The highest BCUT2D eigenvalue weighted by Gasteiger charge is 2.37. The predicted octanol–water partition coefficient (Wildman–Crippen LogP) is 5.21. The first-order valence-electron chi connectivity index (χ1n) is 7.71. The van der Waals surface area contributed by atoms with Crippen molar-refractivity contribution in [1.29, 1.82) is 0 Å². The van der Waals surface area contributed by atoms with E-state index < -0.39 is 17.8 Å². The molecule has 0 unspecified atom stereocenters. The van der Waals surface area contributed by atoms with Crippen LogP contribution in [0, 0.1) is 10.6 Å². The number of nitrogens with one attached hydrogen (secondary N) is 1. The Balaban J connectivity index is 1.87. The topological polar surface area (TPSA) is 55.2 Å². The summed E-state index contributed by atoms with van der Waals surface area (Å²) in [6.45, 7) is -0.171. The maximum atomic E-state index is 13.9. The summed E-state index contributed by atoms with van der Waals surface area (Å²) in [5.41, 5.74) is 0.513. The number of rotatable bonds is 5. The number of alkyl halides is 3. The van der Waals surface area contributed by atoms with Crippen LogP contribution in [-0.2, 0) is 12.8 Å². The molecule has 0 bridgehead atoms. The van der Waals surface area contributed by atoms with E-state index in [4.69, 9.17) is 28.6 Å². The van der Waals surface area contributed by atoms with E-state index in [2.05, 4.69) is 15.3 Å². The first-order valence-corrected chi connectivity index (χ1v) is 8.49. The molecule has 0 spiro atoms. The van der Waals surface area contributed by atoms with Crippen molar-refractivity contribution < 1.29 is 22.3 Å². The molecule has 0 fully saturated rings. The van der Waals surface area contributed by atoms with Gasteiger partial charge in [0.15, 0.2) is 0 Å². The van der Waals surface area contributed by atoms with Crippen molar-refractivity contribution in [2.45, 2.75) is 12.8 Å². The van der Waals surface area contributed by atoms with E-state index in [9.17, 15) is 17.6 Å². The zero-order valence-corrected chi connectivity index (χ0v) is 15.4. The highest BCUT2D eigenvalue weighted by Crippen LogP contribution is 2.28. The van der Waals surface area contributed by atoms with E-state index in [0.717, 1.165) is 6.21 Å². The molecular weight excluding hydrogens is 420 g/mol. The second-order valence-electron chi connectivity index (χ2n) is 5.43. The lowest BCUT2D eigenvalue weighted by molar-refractivity contribution is -0.147. The molecule has 0 saturated carbocycles. The van der Waals surface area contributed by atoms with Gasteiger partial charge in [0.2, 0.25) is 4.77 Å². The SMILES string of the molecule is Fc1cccc(Cl)c1COc1ccccc1/C=N/n1c(C(F)(F)F)n[nH]c1=S. The van der Waals surface area contributed by atoms with Crippen molar-refractivity contribution in [3.05, 3.63) is 75.0 Å². The van der Waals surface area contributed by atoms with Crippen LogP contribution in [0.4, 0.5) is 17.6 Å².